The molecule has 2 aromatic heterocycles. The molecule has 0 amide bonds. The van der Waals surface area contributed by atoms with Crippen molar-refractivity contribution in [2.24, 2.45) is 4.99 Å². The molecule has 1 N–H and O–H groups in total. The standard InChI is InChI=1S/C17H18ClFN4O2/c1-5-7-12(20-4)13(9(3)6-2)23-15-10(16(24)22-17(23)25)8-11(19)14(18)21-15/h6,8H,4-5,7H2,1-3H3,(H,22,24,25)/b9-6-,13-12+. The summed E-state index contributed by atoms with van der Waals surface area (Å²) in [4.78, 5) is 34.7. The van der Waals surface area contributed by atoms with E-state index in [0.29, 0.717) is 17.8 Å². The van der Waals surface area contributed by atoms with Crippen LogP contribution in [0, 0.1) is 5.82 Å². The maximum Gasteiger partial charge on any atom is 0.334 e. The maximum absolute atomic E-state index is 13.7. The molecule has 0 bridgehead atoms. The number of halogens is 2. The average molecular weight is 365 g/mol. The zero-order chi connectivity index (χ0) is 18.7. The number of hydrogen-bond acceptors (Lipinski definition) is 4. The van der Waals surface area contributed by atoms with E-state index in [-0.39, 0.29) is 11.0 Å². The van der Waals surface area contributed by atoms with Gasteiger partial charge in [0.05, 0.1) is 16.8 Å². The lowest BCUT2D eigenvalue weighted by molar-refractivity contribution is 0.623. The van der Waals surface area contributed by atoms with Crippen molar-refractivity contribution < 1.29 is 4.39 Å². The Morgan fingerprint density at radius 3 is 2.76 bits per heavy atom. The quantitative estimate of drug-likeness (QED) is 0.501. The molecule has 2 heterocycles. The Labute approximate surface area is 148 Å². The summed E-state index contributed by atoms with van der Waals surface area (Å²) >= 11 is 5.78. The molecule has 0 radical (unpaired) electrons. The Morgan fingerprint density at radius 1 is 1.52 bits per heavy atom. The normalized spacial score (nSPS) is 13.1. The fourth-order valence-electron chi connectivity index (χ4n) is 2.50. The highest BCUT2D eigenvalue weighted by Gasteiger charge is 2.19. The Kier molecular flexibility index (Phi) is 5.69. The number of hydrogen-bond donors (Lipinski definition) is 1. The molecule has 0 saturated carbocycles. The van der Waals surface area contributed by atoms with E-state index in [2.05, 4.69) is 21.7 Å². The molecule has 0 saturated heterocycles. The lowest BCUT2D eigenvalue weighted by atomic mass is 10.1. The minimum Gasteiger partial charge on any atom is -0.273 e. The Balaban J connectivity index is 3.09. The first-order valence-corrected chi connectivity index (χ1v) is 8.08. The zero-order valence-corrected chi connectivity index (χ0v) is 14.9. The van der Waals surface area contributed by atoms with E-state index in [9.17, 15) is 14.0 Å². The molecular weight excluding hydrogens is 347 g/mol. The van der Waals surface area contributed by atoms with Gasteiger partial charge in [-0.1, -0.05) is 31.0 Å². The number of nitrogens with zero attached hydrogens (tertiary/aromatic N) is 3. The first-order valence-electron chi connectivity index (χ1n) is 7.70. The lowest BCUT2D eigenvalue weighted by Gasteiger charge is -2.16. The van der Waals surface area contributed by atoms with Crippen LogP contribution < -0.4 is 11.2 Å². The van der Waals surface area contributed by atoms with Crippen LogP contribution in [0.15, 0.2) is 38.0 Å². The van der Waals surface area contributed by atoms with Gasteiger partial charge in [0.25, 0.3) is 5.56 Å². The second-order valence-electron chi connectivity index (χ2n) is 5.40. The van der Waals surface area contributed by atoms with Crippen LogP contribution in [0.2, 0.25) is 5.15 Å². The molecule has 0 aromatic carbocycles. The Hall–Kier alpha value is -2.54. The van der Waals surface area contributed by atoms with Gasteiger partial charge in [-0.15, -0.1) is 0 Å². The van der Waals surface area contributed by atoms with Gasteiger partial charge in [-0.25, -0.2) is 18.7 Å². The highest BCUT2D eigenvalue weighted by Crippen LogP contribution is 2.26. The Morgan fingerprint density at radius 2 is 2.20 bits per heavy atom. The topological polar surface area (TPSA) is 80.1 Å². The second kappa shape index (κ2) is 7.57. The third-order valence-corrected chi connectivity index (χ3v) is 4.04. The summed E-state index contributed by atoms with van der Waals surface area (Å²) in [6.45, 7) is 9.14. The van der Waals surface area contributed by atoms with Crippen molar-refractivity contribution in [3.05, 3.63) is 55.2 Å². The number of pyridine rings is 1. The number of aliphatic imine (C=N–C) groups is 1. The minimum atomic E-state index is -0.839. The van der Waals surface area contributed by atoms with Crippen molar-refractivity contribution in [1.82, 2.24) is 14.5 Å². The summed E-state index contributed by atoms with van der Waals surface area (Å²) in [7, 11) is 0. The van der Waals surface area contributed by atoms with E-state index in [4.69, 9.17) is 11.6 Å². The van der Waals surface area contributed by atoms with Crippen LogP contribution in [0.1, 0.15) is 33.6 Å². The maximum atomic E-state index is 13.7. The van der Waals surface area contributed by atoms with E-state index in [1.54, 1.807) is 19.9 Å². The lowest BCUT2D eigenvalue weighted by Crippen LogP contribution is -2.31. The molecule has 0 aliphatic heterocycles. The molecule has 0 aliphatic rings. The van der Waals surface area contributed by atoms with Gasteiger partial charge in [-0.3, -0.25) is 14.8 Å². The average Bonchev–Trinajstić information content (AvgIpc) is 2.58. The summed E-state index contributed by atoms with van der Waals surface area (Å²) in [5.74, 6) is -0.839. The van der Waals surface area contributed by atoms with E-state index in [0.717, 1.165) is 18.1 Å². The van der Waals surface area contributed by atoms with Crippen molar-refractivity contribution in [1.29, 1.82) is 0 Å². The van der Waals surface area contributed by atoms with Crippen molar-refractivity contribution >= 4 is 35.0 Å². The Bertz CT molecular complexity index is 1020. The van der Waals surface area contributed by atoms with E-state index in [1.807, 2.05) is 6.92 Å². The fraction of sp³-hybridized carbons (Fsp3) is 0.294. The van der Waals surface area contributed by atoms with Crippen LogP contribution >= 0.6 is 11.6 Å². The molecule has 25 heavy (non-hydrogen) atoms. The van der Waals surface area contributed by atoms with Gasteiger partial charge in [-0.2, -0.15) is 0 Å². The summed E-state index contributed by atoms with van der Waals surface area (Å²) in [5.41, 5.74) is 0.264. The van der Waals surface area contributed by atoms with Crippen molar-refractivity contribution in [2.75, 3.05) is 0 Å². The van der Waals surface area contributed by atoms with Crippen molar-refractivity contribution in [3.63, 3.8) is 0 Å². The number of aromatic amines is 1. The van der Waals surface area contributed by atoms with Crippen LogP contribution in [-0.2, 0) is 0 Å². The first kappa shape index (κ1) is 18.8. The number of rotatable bonds is 5. The number of nitrogens with one attached hydrogen (secondary N) is 1. The number of H-pyrrole nitrogens is 1. The van der Waals surface area contributed by atoms with E-state index < -0.39 is 22.2 Å². The molecule has 132 valence electrons. The molecule has 0 fully saturated rings. The van der Waals surface area contributed by atoms with Gasteiger partial charge in [0.15, 0.2) is 16.6 Å². The molecule has 2 aromatic rings. The monoisotopic (exact) mass is 364 g/mol. The number of allylic oxidation sites excluding steroid dienone is 4. The highest BCUT2D eigenvalue weighted by molar-refractivity contribution is 6.29. The molecule has 8 heteroatoms. The fourth-order valence-corrected chi connectivity index (χ4v) is 2.63. The van der Waals surface area contributed by atoms with Gasteiger partial charge in [0.2, 0.25) is 0 Å². The molecule has 2 rings (SSSR count). The molecule has 0 aliphatic carbocycles. The van der Waals surface area contributed by atoms with E-state index >= 15 is 0 Å². The van der Waals surface area contributed by atoms with E-state index in [1.165, 1.54) is 4.57 Å². The van der Waals surface area contributed by atoms with Crippen molar-refractivity contribution in [2.45, 2.75) is 33.6 Å². The highest BCUT2D eigenvalue weighted by atomic mass is 35.5. The largest absolute Gasteiger partial charge is 0.334 e. The first-order chi connectivity index (χ1) is 11.8. The SMILES string of the molecule is C=N/C(CCC)=C(\C(C)=C/C)n1c(=O)[nH]c(=O)c2cc(F)c(Cl)nc21. The molecule has 6 nitrogen and oxygen atoms in total. The summed E-state index contributed by atoms with van der Waals surface area (Å²) in [6.07, 6.45) is 3.13. The smallest absolute Gasteiger partial charge is 0.273 e. The summed E-state index contributed by atoms with van der Waals surface area (Å²) in [5, 5.41) is -0.504. The predicted octanol–water partition coefficient (Wildman–Crippen LogP) is 3.51. The molecule has 0 spiro atoms. The van der Waals surface area contributed by atoms with Crippen LogP contribution in [0.25, 0.3) is 16.7 Å². The van der Waals surface area contributed by atoms with Gasteiger partial charge in [-0.05, 0) is 38.6 Å². The third-order valence-electron chi connectivity index (χ3n) is 3.77. The van der Waals surface area contributed by atoms with Gasteiger partial charge in [0.1, 0.15) is 0 Å². The minimum absolute atomic E-state index is 0.0337. The van der Waals surface area contributed by atoms with Gasteiger partial charge < -0.3 is 0 Å². The second-order valence-corrected chi connectivity index (χ2v) is 5.76. The zero-order valence-electron chi connectivity index (χ0n) is 14.2. The van der Waals surface area contributed by atoms with Crippen LogP contribution in [-0.4, -0.2) is 21.3 Å². The molecule has 0 atom stereocenters. The van der Waals surface area contributed by atoms with Gasteiger partial charge in [0, 0.05) is 0 Å². The van der Waals surface area contributed by atoms with Crippen LogP contribution in [0.4, 0.5) is 4.39 Å². The van der Waals surface area contributed by atoms with Crippen molar-refractivity contribution in [3.8, 4) is 0 Å². The molecule has 0 unspecified atom stereocenters. The summed E-state index contributed by atoms with van der Waals surface area (Å²) in [6, 6.07) is 0.961. The van der Waals surface area contributed by atoms with Crippen LogP contribution in [0.5, 0.6) is 0 Å². The summed E-state index contributed by atoms with van der Waals surface area (Å²) < 4.78 is 14.9. The third kappa shape index (κ3) is 3.46. The molecular formula is C17H18ClFN4O2. The van der Waals surface area contributed by atoms with Gasteiger partial charge >= 0.3 is 5.69 Å². The van der Waals surface area contributed by atoms with Crippen LogP contribution in [0.3, 0.4) is 0 Å². The number of fused-ring (bicyclic) bond motifs is 1. The predicted molar refractivity (Wildman–Crippen MR) is 98.7 cm³/mol. The number of aromatic nitrogens is 3.